The summed E-state index contributed by atoms with van der Waals surface area (Å²) < 4.78 is 0. The molecule has 0 saturated heterocycles. The predicted octanol–water partition coefficient (Wildman–Crippen LogP) is 1.63. The molecule has 0 amide bonds. The summed E-state index contributed by atoms with van der Waals surface area (Å²) in [5.41, 5.74) is 3.69. The van der Waals surface area contributed by atoms with Crippen molar-refractivity contribution in [1.29, 1.82) is 0 Å². The molecule has 1 aromatic heterocycles. The van der Waals surface area contributed by atoms with Crippen molar-refractivity contribution in [2.45, 2.75) is 51.5 Å². The van der Waals surface area contributed by atoms with E-state index in [1.807, 2.05) is 0 Å². The first-order valence-electron chi connectivity index (χ1n) is 7.38. The summed E-state index contributed by atoms with van der Waals surface area (Å²) in [6.07, 6.45) is 6.35. The van der Waals surface area contributed by atoms with Gasteiger partial charge in [0, 0.05) is 18.2 Å². The van der Waals surface area contributed by atoms with E-state index in [1.54, 1.807) is 0 Å². The number of hydrogen-bond donors (Lipinski definition) is 3. The molecule has 6 heteroatoms. The minimum absolute atomic E-state index is 0.128. The smallest absolute Gasteiger partial charge is 0.148 e. The van der Waals surface area contributed by atoms with Crippen LogP contribution < -0.4 is 16.2 Å². The van der Waals surface area contributed by atoms with Gasteiger partial charge in [-0.2, -0.15) is 0 Å². The Bertz CT molecular complexity index is 432. The lowest BCUT2D eigenvalue weighted by atomic mass is 10.0. The molecular formula is C14H25N5O. The lowest BCUT2D eigenvalue weighted by molar-refractivity contribution is 0.296. The largest absolute Gasteiger partial charge is 0.395 e. The van der Waals surface area contributed by atoms with Crippen LogP contribution in [0.3, 0.4) is 0 Å². The Morgan fingerprint density at radius 1 is 1.40 bits per heavy atom. The van der Waals surface area contributed by atoms with Gasteiger partial charge in [0.05, 0.1) is 6.61 Å². The summed E-state index contributed by atoms with van der Waals surface area (Å²) in [5, 5.41) is 9.39. The van der Waals surface area contributed by atoms with Crippen molar-refractivity contribution < 1.29 is 5.11 Å². The number of anilines is 2. The molecule has 4 N–H and O–H groups in total. The van der Waals surface area contributed by atoms with E-state index in [-0.39, 0.29) is 12.5 Å². The highest BCUT2D eigenvalue weighted by molar-refractivity contribution is 5.60. The number of aromatic nitrogens is 2. The van der Waals surface area contributed by atoms with E-state index in [9.17, 15) is 5.11 Å². The maximum Gasteiger partial charge on any atom is 0.148 e. The van der Waals surface area contributed by atoms with Crippen LogP contribution in [0.4, 0.5) is 11.6 Å². The first-order valence-corrected chi connectivity index (χ1v) is 7.38. The third-order valence-electron chi connectivity index (χ3n) is 3.96. The van der Waals surface area contributed by atoms with Crippen molar-refractivity contribution in [2.75, 3.05) is 23.5 Å². The summed E-state index contributed by atoms with van der Waals surface area (Å²) >= 11 is 0. The Morgan fingerprint density at radius 3 is 2.65 bits per heavy atom. The van der Waals surface area contributed by atoms with Gasteiger partial charge in [-0.1, -0.05) is 26.7 Å². The van der Waals surface area contributed by atoms with Crippen molar-refractivity contribution in [3.8, 4) is 0 Å². The van der Waals surface area contributed by atoms with Crippen LogP contribution in [0.15, 0.2) is 6.33 Å². The number of aliphatic hydroxyl groups is 1. The van der Waals surface area contributed by atoms with Gasteiger partial charge in [-0.25, -0.2) is 15.8 Å². The summed E-state index contributed by atoms with van der Waals surface area (Å²) in [7, 11) is 0. The Hall–Kier alpha value is -1.40. The first-order chi connectivity index (χ1) is 9.69. The second-order valence-corrected chi connectivity index (χ2v) is 5.61. The van der Waals surface area contributed by atoms with E-state index in [4.69, 9.17) is 5.84 Å². The first kappa shape index (κ1) is 15.0. The summed E-state index contributed by atoms with van der Waals surface area (Å²) in [5.74, 6) is 7.42. The normalized spacial score (nSPS) is 15.8. The maximum absolute atomic E-state index is 9.39. The second-order valence-electron chi connectivity index (χ2n) is 5.61. The number of hydrazine groups is 1. The molecule has 1 aliphatic carbocycles. The standard InChI is InChI=1S/C14H25N5O/c1-10(2)12-13(18-15)16-9-17-14(12)19(7-8-20)11-5-3-4-6-11/h9-11,20H,3-8,15H2,1-2H3,(H,16,17,18). The monoisotopic (exact) mass is 279 g/mol. The second kappa shape index (κ2) is 6.85. The van der Waals surface area contributed by atoms with Crippen LogP contribution in [0.1, 0.15) is 51.0 Å². The fourth-order valence-corrected chi connectivity index (χ4v) is 3.05. The van der Waals surface area contributed by atoms with Crippen LogP contribution in [0, 0.1) is 0 Å². The highest BCUT2D eigenvalue weighted by Gasteiger charge is 2.27. The van der Waals surface area contributed by atoms with E-state index in [0.29, 0.717) is 18.4 Å². The molecule has 0 radical (unpaired) electrons. The van der Waals surface area contributed by atoms with Crippen molar-refractivity contribution in [1.82, 2.24) is 9.97 Å². The fourth-order valence-electron chi connectivity index (χ4n) is 3.05. The number of hydrogen-bond acceptors (Lipinski definition) is 6. The van der Waals surface area contributed by atoms with Crippen molar-refractivity contribution in [3.05, 3.63) is 11.9 Å². The van der Waals surface area contributed by atoms with Gasteiger partial charge in [0.15, 0.2) is 0 Å². The summed E-state index contributed by atoms with van der Waals surface area (Å²) in [6.45, 7) is 4.94. The van der Waals surface area contributed by atoms with Crippen molar-refractivity contribution >= 4 is 11.6 Å². The molecule has 20 heavy (non-hydrogen) atoms. The fraction of sp³-hybridized carbons (Fsp3) is 0.714. The van der Waals surface area contributed by atoms with Crippen LogP contribution in [0.5, 0.6) is 0 Å². The van der Waals surface area contributed by atoms with E-state index in [1.165, 1.54) is 19.2 Å². The van der Waals surface area contributed by atoms with Gasteiger partial charge in [-0.3, -0.25) is 0 Å². The third kappa shape index (κ3) is 3.02. The van der Waals surface area contributed by atoms with Crippen LogP contribution in [0.2, 0.25) is 0 Å². The molecule has 0 atom stereocenters. The Balaban J connectivity index is 2.41. The van der Waals surface area contributed by atoms with Crippen LogP contribution in [-0.2, 0) is 0 Å². The molecule has 112 valence electrons. The quantitative estimate of drug-likeness (QED) is 0.542. The lowest BCUT2D eigenvalue weighted by Crippen LogP contribution is -2.37. The molecule has 0 spiro atoms. The minimum atomic E-state index is 0.128. The van der Waals surface area contributed by atoms with E-state index >= 15 is 0 Å². The zero-order valence-electron chi connectivity index (χ0n) is 12.3. The SMILES string of the molecule is CC(C)c1c(NN)ncnc1N(CCO)C1CCCC1. The predicted molar refractivity (Wildman–Crippen MR) is 80.6 cm³/mol. The Labute approximate surface area is 120 Å². The van der Waals surface area contributed by atoms with E-state index < -0.39 is 0 Å². The topological polar surface area (TPSA) is 87.3 Å². The summed E-state index contributed by atoms with van der Waals surface area (Å²) in [4.78, 5) is 10.9. The molecule has 1 aromatic rings. The zero-order valence-corrected chi connectivity index (χ0v) is 12.3. The lowest BCUT2D eigenvalue weighted by Gasteiger charge is -2.32. The molecule has 0 unspecified atom stereocenters. The van der Waals surface area contributed by atoms with E-state index in [0.717, 1.165) is 24.2 Å². The van der Waals surface area contributed by atoms with Gasteiger partial charge in [-0.15, -0.1) is 0 Å². The van der Waals surface area contributed by atoms with Gasteiger partial charge in [0.2, 0.25) is 0 Å². The average molecular weight is 279 g/mol. The molecular weight excluding hydrogens is 254 g/mol. The highest BCUT2D eigenvalue weighted by atomic mass is 16.3. The number of aliphatic hydroxyl groups excluding tert-OH is 1. The third-order valence-corrected chi connectivity index (χ3v) is 3.96. The minimum Gasteiger partial charge on any atom is -0.395 e. The number of rotatable bonds is 6. The van der Waals surface area contributed by atoms with Crippen LogP contribution >= 0.6 is 0 Å². The molecule has 0 aliphatic heterocycles. The van der Waals surface area contributed by atoms with Gasteiger partial charge in [0.1, 0.15) is 18.0 Å². The Morgan fingerprint density at radius 2 is 2.10 bits per heavy atom. The van der Waals surface area contributed by atoms with Crippen LogP contribution in [0.25, 0.3) is 0 Å². The molecule has 1 heterocycles. The molecule has 1 fully saturated rings. The molecule has 1 aliphatic rings. The number of nitrogens with one attached hydrogen (secondary N) is 1. The number of nitrogen functional groups attached to an aromatic ring is 1. The molecule has 0 bridgehead atoms. The van der Waals surface area contributed by atoms with Gasteiger partial charge >= 0.3 is 0 Å². The average Bonchev–Trinajstić information content (AvgIpc) is 2.97. The van der Waals surface area contributed by atoms with Crippen molar-refractivity contribution in [3.63, 3.8) is 0 Å². The number of nitrogens with zero attached hydrogens (tertiary/aromatic N) is 3. The molecule has 0 aromatic carbocycles. The highest BCUT2D eigenvalue weighted by Crippen LogP contribution is 2.34. The van der Waals surface area contributed by atoms with Crippen molar-refractivity contribution in [2.24, 2.45) is 5.84 Å². The summed E-state index contributed by atoms with van der Waals surface area (Å²) in [6, 6.07) is 0.458. The molecule has 1 saturated carbocycles. The maximum atomic E-state index is 9.39. The van der Waals surface area contributed by atoms with Gasteiger partial charge < -0.3 is 15.4 Å². The molecule has 2 rings (SSSR count). The zero-order chi connectivity index (χ0) is 14.5. The van der Waals surface area contributed by atoms with Crippen LogP contribution in [-0.4, -0.2) is 34.3 Å². The van der Waals surface area contributed by atoms with E-state index in [2.05, 4.69) is 34.1 Å². The van der Waals surface area contributed by atoms with Gasteiger partial charge in [0.25, 0.3) is 0 Å². The number of nitrogens with two attached hydrogens (primary N) is 1. The molecule has 6 nitrogen and oxygen atoms in total. The Kier molecular flexibility index (Phi) is 5.14. The van der Waals surface area contributed by atoms with Gasteiger partial charge in [-0.05, 0) is 18.8 Å².